The van der Waals surface area contributed by atoms with Crippen LogP contribution in [0.5, 0.6) is 17.2 Å². The molecule has 5 aromatic rings. The monoisotopic (exact) mass is 884 g/mol. The normalized spacial score (nSPS) is 24.0. The average molecular weight is 886 g/mol. The molecule has 2 heterocycles. The second-order valence-corrected chi connectivity index (χ2v) is 17.1. The van der Waals surface area contributed by atoms with Gasteiger partial charge in [0.15, 0.2) is 0 Å². The molecular weight excluding hydrogens is 843 g/mol. The highest BCUT2D eigenvalue weighted by atomic mass is 35.5. The minimum atomic E-state index is -1.65. The molecule has 0 bridgehead atoms. The summed E-state index contributed by atoms with van der Waals surface area (Å²) in [5.74, 6) is -5.51. The molecule has 13 nitrogen and oxygen atoms in total. The molecule has 0 radical (unpaired) electrons. The lowest BCUT2D eigenvalue weighted by Gasteiger charge is -2.50. The van der Waals surface area contributed by atoms with Crippen LogP contribution in [0.15, 0.2) is 131 Å². The molecule has 2 aliphatic heterocycles. The highest BCUT2D eigenvalue weighted by Crippen LogP contribution is 2.65. The number of ether oxygens (including phenoxy) is 2. The molecule has 9 rings (SSSR count). The summed E-state index contributed by atoms with van der Waals surface area (Å²) in [5.41, 5.74) is 5.74. The second-order valence-electron chi connectivity index (χ2n) is 16.3. The molecule has 5 aromatic carbocycles. The largest absolute Gasteiger partial charge is 0.508 e. The Morgan fingerprint density at radius 2 is 1.41 bits per heavy atom. The average Bonchev–Trinajstić information content (AvgIpc) is 3.67. The first-order valence-corrected chi connectivity index (χ1v) is 21.1. The molecule has 1 saturated carbocycles. The highest BCUT2D eigenvalue weighted by molar-refractivity contribution is 6.36. The number of halogens is 2. The number of allylic oxidation sites excluding steroid dienone is 2. The minimum absolute atomic E-state index is 0.0469. The summed E-state index contributed by atoms with van der Waals surface area (Å²) in [7, 11) is 6.92. The zero-order valence-corrected chi connectivity index (χ0v) is 36.2. The molecule has 0 aromatic heterocycles. The number of nitrogens with zero attached hydrogens (tertiary/aromatic N) is 5. The van der Waals surface area contributed by atoms with Crippen LogP contribution in [0.2, 0.25) is 10.0 Å². The third-order valence-corrected chi connectivity index (χ3v) is 13.4. The van der Waals surface area contributed by atoms with Crippen LogP contribution in [-0.2, 0) is 24.6 Å². The molecule has 2 aliphatic carbocycles. The van der Waals surface area contributed by atoms with Gasteiger partial charge in [-0.05, 0) is 109 Å². The Morgan fingerprint density at radius 1 is 0.762 bits per heavy atom. The fourth-order valence-corrected chi connectivity index (χ4v) is 10.4. The summed E-state index contributed by atoms with van der Waals surface area (Å²) in [5, 5.41) is 22.1. The van der Waals surface area contributed by atoms with Crippen molar-refractivity contribution in [2.24, 2.45) is 33.9 Å². The van der Waals surface area contributed by atoms with Gasteiger partial charge >= 0.3 is 0 Å². The molecule has 4 aliphatic rings. The standard InChI is InChI=1S/C48H42Cl2N6O7/c1-54(2)30-12-8-28(9-13-30)51-52-29-10-14-31(15-11-29)55-44(58)36-21-20-34-37(42(36)46(55)60)25-38-45(59)56(53-40-22-7-27(49)23-39(40)50)47(61)48(38,26-5-16-32(62-3)17-6-26)43(34)35-19-18-33(63-4)24-41(35)57/h5-20,22-24,36-38,42-43,53,57H,21,25H2,1-4H3. The SMILES string of the molecule is COc1ccc(C23C(=O)N(Nc4ccc(Cl)cc4Cl)C(=O)C2CC2C(=CCC4C(=O)N(c5ccc(N=Nc6ccc(N(C)C)cc6)cc5)C(=O)C42)C3c2ccc(OC)cc2O)cc1. The number of phenols is 1. The topological polar surface area (TPSA) is 153 Å². The molecule has 15 heteroatoms. The molecule has 4 amide bonds. The van der Waals surface area contributed by atoms with E-state index in [0.717, 1.165) is 10.7 Å². The molecule has 6 unspecified atom stereocenters. The van der Waals surface area contributed by atoms with Gasteiger partial charge in [-0.15, -0.1) is 0 Å². The molecule has 2 saturated heterocycles. The number of hydrogen-bond donors (Lipinski definition) is 2. The van der Waals surface area contributed by atoms with E-state index in [1.54, 1.807) is 72.8 Å². The Bertz CT molecular complexity index is 2730. The number of hydrazine groups is 1. The smallest absolute Gasteiger partial charge is 0.260 e. The van der Waals surface area contributed by atoms with Gasteiger partial charge in [-0.2, -0.15) is 15.2 Å². The molecule has 6 atom stereocenters. The lowest BCUT2D eigenvalue weighted by molar-refractivity contribution is -0.138. The van der Waals surface area contributed by atoms with Gasteiger partial charge in [0, 0.05) is 42.4 Å². The van der Waals surface area contributed by atoms with E-state index < -0.39 is 52.7 Å². The number of nitrogens with one attached hydrogen (secondary N) is 1. The van der Waals surface area contributed by atoms with Crippen LogP contribution >= 0.6 is 23.2 Å². The van der Waals surface area contributed by atoms with E-state index in [2.05, 4.69) is 15.7 Å². The van der Waals surface area contributed by atoms with Crippen molar-refractivity contribution in [3.05, 3.63) is 142 Å². The Kier molecular flexibility index (Phi) is 10.7. The maximum Gasteiger partial charge on any atom is 0.260 e. The number of benzene rings is 5. The van der Waals surface area contributed by atoms with Crippen molar-refractivity contribution in [2.75, 3.05) is 43.5 Å². The number of fused-ring (bicyclic) bond motifs is 4. The predicted molar refractivity (Wildman–Crippen MR) is 239 cm³/mol. The van der Waals surface area contributed by atoms with Crippen molar-refractivity contribution in [3.63, 3.8) is 0 Å². The molecule has 3 fully saturated rings. The quantitative estimate of drug-likeness (QED) is 0.0794. The molecule has 2 N–H and O–H groups in total. The Balaban J connectivity index is 1.12. The van der Waals surface area contributed by atoms with Gasteiger partial charge in [0.2, 0.25) is 11.8 Å². The Hall–Kier alpha value is -6.70. The molecule has 63 heavy (non-hydrogen) atoms. The number of hydrogen-bond acceptors (Lipinski definition) is 11. The van der Waals surface area contributed by atoms with Crippen LogP contribution < -0.4 is 24.7 Å². The fourth-order valence-electron chi connectivity index (χ4n) is 9.94. The van der Waals surface area contributed by atoms with Crippen LogP contribution in [0.4, 0.5) is 28.4 Å². The number of azo groups is 1. The first-order chi connectivity index (χ1) is 30.3. The number of amides is 4. The highest BCUT2D eigenvalue weighted by Gasteiger charge is 2.70. The van der Waals surface area contributed by atoms with Crippen LogP contribution in [0, 0.1) is 23.7 Å². The van der Waals surface area contributed by atoms with Crippen molar-refractivity contribution < 1.29 is 33.8 Å². The van der Waals surface area contributed by atoms with E-state index in [9.17, 15) is 14.7 Å². The summed E-state index contributed by atoms with van der Waals surface area (Å²) >= 11 is 12.8. The number of carbonyl (C=O) groups is 4. The van der Waals surface area contributed by atoms with Gasteiger partial charge in [-0.25, -0.2) is 0 Å². The van der Waals surface area contributed by atoms with E-state index in [1.807, 2.05) is 49.3 Å². The summed E-state index contributed by atoms with van der Waals surface area (Å²) < 4.78 is 10.9. The fraction of sp³-hybridized carbons (Fsp3) is 0.250. The molecular formula is C48H42Cl2N6O7. The number of rotatable bonds is 10. The summed E-state index contributed by atoms with van der Waals surface area (Å²) in [6.45, 7) is 0. The third-order valence-electron chi connectivity index (χ3n) is 12.9. The van der Waals surface area contributed by atoms with Crippen molar-refractivity contribution in [1.29, 1.82) is 0 Å². The van der Waals surface area contributed by atoms with Gasteiger partial charge < -0.3 is 19.5 Å². The van der Waals surface area contributed by atoms with Crippen molar-refractivity contribution in [3.8, 4) is 17.2 Å². The van der Waals surface area contributed by atoms with Gasteiger partial charge in [0.05, 0.1) is 65.2 Å². The second kappa shape index (κ2) is 16.2. The molecule has 0 spiro atoms. The van der Waals surface area contributed by atoms with Gasteiger partial charge in [0.25, 0.3) is 11.8 Å². The van der Waals surface area contributed by atoms with E-state index >= 15 is 9.59 Å². The predicted octanol–water partition coefficient (Wildman–Crippen LogP) is 9.39. The van der Waals surface area contributed by atoms with Gasteiger partial charge in [-0.1, -0.05) is 53.1 Å². The number of carbonyl (C=O) groups excluding carboxylic acids is 4. The van der Waals surface area contributed by atoms with E-state index in [4.69, 9.17) is 32.7 Å². The number of aromatic hydroxyl groups is 1. The zero-order valence-electron chi connectivity index (χ0n) is 34.7. The first-order valence-electron chi connectivity index (χ1n) is 20.3. The maximum atomic E-state index is 15.5. The van der Waals surface area contributed by atoms with E-state index in [0.29, 0.717) is 50.3 Å². The summed E-state index contributed by atoms with van der Waals surface area (Å²) in [6, 6.07) is 30.8. The number of anilines is 3. The summed E-state index contributed by atoms with van der Waals surface area (Å²) in [6.07, 6.45) is 2.16. The number of imide groups is 2. The van der Waals surface area contributed by atoms with Crippen molar-refractivity contribution in [1.82, 2.24) is 5.01 Å². The molecule has 320 valence electrons. The van der Waals surface area contributed by atoms with Crippen LogP contribution in [0.3, 0.4) is 0 Å². The first kappa shape index (κ1) is 41.6. The van der Waals surface area contributed by atoms with Crippen LogP contribution in [0.1, 0.15) is 29.9 Å². The lowest BCUT2D eigenvalue weighted by atomic mass is 9.49. The van der Waals surface area contributed by atoms with Crippen LogP contribution in [0.25, 0.3) is 0 Å². The number of methoxy groups -OCH3 is 2. The maximum absolute atomic E-state index is 15.5. The number of phenolic OH excluding ortho intramolecular Hbond substituents is 1. The summed E-state index contributed by atoms with van der Waals surface area (Å²) in [4.78, 5) is 63.1. The van der Waals surface area contributed by atoms with E-state index in [-0.39, 0.29) is 35.2 Å². The van der Waals surface area contributed by atoms with Gasteiger partial charge in [0.1, 0.15) is 17.2 Å². The minimum Gasteiger partial charge on any atom is -0.508 e. The Morgan fingerprint density at radius 3 is 2.03 bits per heavy atom. The Labute approximate surface area is 373 Å². The zero-order chi connectivity index (χ0) is 44.3. The lowest BCUT2D eigenvalue weighted by Crippen LogP contribution is -2.53. The van der Waals surface area contributed by atoms with Crippen LogP contribution in [-0.4, -0.2) is 62.1 Å². The third kappa shape index (κ3) is 6.86. The van der Waals surface area contributed by atoms with Crippen molar-refractivity contribution >= 4 is 75.3 Å². The van der Waals surface area contributed by atoms with Crippen molar-refractivity contribution in [2.45, 2.75) is 24.2 Å². The van der Waals surface area contributed by atoms with E-state index in [1.165, 1.54) is 31.3 Å². The van der Waals surface area contributed by atoms with Gasteiger partial charge in [-0.3, -0.25) is 29.5 Å².